The number of nitrogens with one attached hydrogen (secondary N) is 1. The van der Waals surface area contributed by atoms with Crippen molar-refractivity contribution >= 4 is 23.8 Å². The summed E-state index contributed by atoms with van der Waals surface area (Å²) in [5.74, 6) is -0.255. The number of hydrogen-bond acceptors (Lipinski definition) is 5. The molecule has 1 heterocycles. The molecule has 0 saturated heterocycles. The molecule has 0 aliphatic rings. The van der Waals surface area contributed by atoms with Gasteiger partial charge >= 0.3 is 12.6 Å². The molecule has 8 nitrogen and oxygen atoms in total. The van der Waals surface area contributed by atoms with Crippen molar-refractivity contribution in [2.24, 2.45) is 0 Å². The number of ether oxygens (including phenoxy) is 2. The Labute approximate surface area is 198 Å². The number of pyridine rings is 1. The number of amides is 3. The summed E-state index contributed by atoms with van der Waals surface area (Å²) >= 11 is 0. The predicted octanol–water partition coefficient (Wildman–Crippen LogP) is 5.11. The zero-order valence-corrected chi connectivity index (χ0v) is 20.1. The van der Waals surface area contributed by atoms with Gasteiger partial charge in [-0.3, -0.25) is 9.69 Å². The van der Waals surface area contributed by atoms with Gasteiger partial charge in [-0.25, -0.2) is 4.79 Å². The number of halogens is 2. The molecule has 1 unspecified atom stereocenters. The normalized spacial score (nSPS) is 11.8. The first-order valence-corrected chi connectivity index (χ1v) is 11.1. The van der Waals surface area contributed by atoms with Crippen molar-refractivity contribution in [3.63, 3.8) is 0 Å². The van der Waals surface area contributed by atoms with Crippen LogP contribution in [0.1, 0.15) is 45.1 Å². The van der Waals surface area contributed by atoms with E-state index in [-0.39, 0.29) is 23.5 Å². The third-order valence-corrected chi connectivity index (χ3v) is 5.35. The lowest BCUT2D eigenvalue weighted by molar-refractivity contribution is -0.117. The van der Waals surface area contributed by atoms with Gasteiger partial charge < -0.3 is 19.7 Å². The minimum Gasteiger partial charge on any atom is -0.481 e. The van der Waals surface area contributed by atoms with Gasteiger partial charge in [0.1, 0.15) is 5.69 Å². The number of nitrogens with zero attached hydrogens (tertiary/aromatic N) is 3. The lowest BCUT2D eigenvalue weighted by atomic mass is 9.98. The smallest absolute Gasteiger partial charge is 0.388 e. The van der Waals surface area contributed by atoms with Crippen LogP contribution in [0, 0.1) is 0 Å². The number of carbonyl (C=O) groups is 2. The summed E-state index contributed by atoms with van der Waals surface area (Å²) in [7, 11) is 3.02. The summed E-state index contributed by atoms with van der Waals surface area (Å²) in [5, 5.41) is 2.68. The lowest BCUT2D eigenvalue weighted by Gasteiger charge is -2.34. The molecule has 10 heteroatoms. The number of methoxy groups -OCH3 is 1. The number of carbonyl (C=O) groups excluding carboxylic acids is 2. The first-order valence-electron chi connectivity index (χ1n) is 11.1. The van der Waals surface area contributed by atoms with E-state index in [1.54, 1.807) is 11.9 Å². The van der Waals surface area contributed by atoms with Gasteiger partial charge in [0.15, 0.2) is 0 Å². The first-order chi connectivity index (χ1) is 16.2. The molecule has 34 heavy (non-hydrogen) atoms. The van der Waals surface area contributed by atoms with Crippen molar-refractivity contribution in [2.45, 2.75) is 52.2 Å². The van der Waals surface area contributed by atoms with Crippen LogP contribution in [0.2, 0.25) is 0 Å². The predicted molar refractivity (Wildman–Crippen MR) is 127 cm³/mol. The molecule has 0 spiro atoms. The number of aromatic nitrogens is 1. The molecule has 186 valence electrons. The van der Waals surface area contributed by atoms with Crippen molar-refractivity contribution in [1.29, 1.82) is 0 Å². The summed E-state index contributed by atoms with van der Waals surface area (Å²) in [6.07, 6.45) is 1.86. The van der Waals surface area contributed by atoms with Crippen molar-refractivity contribution in [2.75, 3.05) is 30.9 Å². The molecule has 2 rings (SSSR count). The van der Waals surface area contributed by atoms with E-state index in [0.717, 1.165) is 12.0 Å². The largest absolute Gasteiger partial charge is 0.481 e. The number of alkyl halides is 2. The molecule has 0 aliphatic carbocycles. The minimum absolute atomic E-state index is 0.0157. The van der Waals surface area contributed by atoms with Gasteiger partial charge in [0, 0.05) is 31.4 Å². The molecule has 0 saturated carbocycles. The standard InChI is InChI=1S/C24H32F2N4O4/c1-6-17(13-14-29(4)15-31)30(20-10-8-7-9-18(20)16(2)3)24(32)27-19-11-12-21(33-5)28-22(19)34-23(25)26/h7-12,15-17,23H,6,13-14H2,1-5H3,(H,27,32). The fourth-order valence-corrected chi connectivity index (χ4v) is 3.57. The molecule has 0 bridgehead atoms. The van der Waals surface area contributed by atoms with Crippen LogP contribution in [0.5, 0.6) is 11.8 Å². The number of benzene rings is 1. The highest BCUT2D eigenvalue weighted by Crippen LogP contribution is 2.32. The number of para-hydroxylation sites is 1. The van der Waals surface area contributed by atoms with Crippen molar-refractivity contribution in [3.8, 4) is 11.8 Å². The van der Waals surface area contributed by atoms with E-state index in [2.05, 4.69) is 15.0 Å². The van der Waals surface area contributed by atoms with E-state index in [9.17, 15) is 18.4 Å². The molecule has 1 N–H and O–H groups in total. The van der Waals surface area contributed by atoms with Crippen LogP contribution in [-0.4, -0.2) is 55.7 Å². The van der Waals surface area contributed by atoms with Gasteiger partial charge in [-0.15, -0.1) is 0 Å². The van der Waals surface area contributed by atoms with Crippen molar-refractivity contribution < 1.29 is 27.8 Å². The van der Waals surface area contributed by atoms with Gasteiger partial charge in [0.25, 0.3) is 0 Å². The van der Waals surface area contributed by atoms with Gasteiger partial charge in [-0.05, 0) is 36.5 Å². The van der Waals surface area contributed by atoms with Crippen LogP contribution in [0.25, 0.3) is 0 Å². The second-order valence-electron chi connectivity index (χ2n) is 8.04. The van der Waals surface area contributed by atoms with Crippen molar-refractivity contribution in [3.05, 3.63) is 42.0 Å². The molecule has 0 fully saturated rings. The summed E-state index contributed by atoms with van der Waals surface area (Å²) in [5.41, 5.74) is 1.64. The first kappa shape index (κ1) is 26.8. The summed E-state index contributed by atoms with van der Waals surface area (Å²) in [6, 6.07) is 9.58. The van der Waals surface area contributed by atoms with Crippen LogP contribution in [0.4, 0.5) is 25.0 Å². The number of anilines is 2. The molecular weight excluding hydrogens is 446 g/mol. The van der Waals surface area contributed by atoms with Crippen LogP contribution in [0.15, 0.2) is 36.4 Å². The highest BCUT2D eigenvalue weighted by Gasteiger charge is 2.28. The number of urea groups is 1. The Bertz CT molecular complexity index is 958. The average Bonchev–Trinajstić information content (AvgIpc) is 2.82. The molecule has 1 aromatic heterocycles. The SMILES string of the molecule is CCC(CCN(C)C=O)N(C(=O)Nc1ccc(OC)nc1OC(F)F)c1ccccc1C(C)C. The van der Waals surface area contributed by atoms with E-state index < -0.39 is 18.5 Å². The maximum absolute atomic E-state index is 13.6. The van der Waals surface area contributed by atoms with E-state index in [1.165, 1.54) is 24.1 Å². The Balaban J connectivity index is 2.49. The Morgan fingerprint density at radius 3 is 2.50 bits per heavy atom. The highest BCUT2D eigenvalue weighted by atomic mass is 19.3. The van der Waals surface area contributed by atoms with Crippen LogP contribution in [0.3, 0.4) is 0 Å². The van der Waals surface area contributed by atoms with Crippen molar-refractivity contribution in [1.82, 2.24) is 9.88 Å². The second-order valence-corrected chi connectivity index (χ2v) is 8.04. The maximum atomic E-state index is 13.6. The minimum atomic E-state index is -3.13. The quantitative estimate of drug-likeness (QED) is 0.429. The maximum Gasteiger partial charge on any atom is 0.388 e. The topological polar surface area (TPSA) is 84.0 Å². The number of rotatable bonds is 12. The van der Waals surface area contributed by atoms with Gasteiger partial charge in [-0.1, -0.05) is 39.0 Å². The zero-order chi connectivity index (χ0) is 25.3. The Hall–Kier alpha value is -3.43. The third-order valence-electron chi connectivity index (χ3n) is 5.35. The third kappa shape index (κ3) is 7.03. The molecular formula is C24H32F2N4O4. The molecule has 2 aromatic rings. The molecule has 0 radical (unpaired) electrons. The Kier molecular flexibility index (Phi) is 10.0. The summed E-state index contributed by atoms with van der Waals surface area (Å²) in [6.45, 7) is 3.31. The van der Waals surface area contributed by atoms with Crippen LogP contribution >= 0.6 is 0 Å². The van der Waals surface area contributed by atoms with Crippen LogP contribution < -0.4 is 19.7 Å². The van der Waals surface area contributed by atoms with E-state index in [4.69, 9.17) is 4.74 Å². The lowest BCUT2D eigenvalue weighted by Crippen LogP contribution is -2.45. The van der Waals surface area contributed by atoms with Gasteiger partial charge in [0.2, 0.25) is 18.2 Å². The van der Waals surface area contributed by atoms with E-state index in [0.29, 0.717) is 25.1 Å². The fraction of sp³-hybridized carbons (Fsp3) is 0.458. The van der Waals surface area contributed by atoms with E-state index in [1.807, 2.05) is 45.0 Å². The molecule has 0 aliphatic heterocycles. The fourth-order valence-electron chi connectivity index (χ4n) is 3.57. The zero-order valence-electron chi connectivity index (χ0n) is 20.1. The average molecular weight is 479 g/mol. The molecule has 1 atom stereocenters. The Morgan fingerprint density at radius 2 is 1.91 bits per heavy atom. The number of hydrogen-bond donors (Lipinski definition) is 1. The van der Waals surface area contributed by atoms with Crippen LogP contribution in [-0.2, 0) is 4.79 Å². The van der Waals surface area contributed by atoms with E-state index >= 15 is 0 Å². The van der Waals surface area contributed by atoms with Gasteiger partial charge in [-0.2, -0.15) is 13.8 Å². The Morgan fingerprint density at radius 1 is 1.21 bits per heavy atom. The molecule has 1 aromatic carbocycles. The monoisotopic (exact) mass is 478 g/mol. The summed E-state index contributed by atoms with van der Waals surface area (Å²) in [4.78, 5) is 31.7. The molecule has 3 amide bonds. The van der Waals surface area contributed by atoms with Gasteiger partial charge in [0.05, 0.1) is 7.11 Å². The second kappa shape index (κ2) is 12.7. The summed E-state index contributed by atoms with van der Waals surface area (Å²) < 4.78 is 35.4. The highest BCUT2D eigenvalue weighted by molar-refractivity contribution is 6.03.